The highest BCUT2D eigenvalue weighted by Gasteiger charge is 2.08. The third-order valence-electron chi connectivity index (χ3n) is 3.88. The van der Waals surface area contributed by atoms with Gasteiger partial charge in [-0.25, -0.2) is 0 Å². The summed E-state index contributed by atoms with van der Waals surface area (Å²) in [6.45, 7) is 4.98. The van der Waals surface area contributed by atoms with Crippen molar-refractivity contribution in [2.45, 2.75) is 27.1 Å². The minimum absolute atomic E-state index is 0.155. The number of ether oxygens (including phenoxy) is 2. The lowest BCUT2D eigenvalue weighted by molar-refractivity contribution is 0.254. The van der Waals surface area contributed by atoms with Gasteiger partial charge in [0.2, 0.25) is 0 Å². The lowest BCUT2D eigenvalue weighted by atomic mass is 10.1. The van der Waals surface area contributed by atoms with Crippen molar-refractivity contribution in [2.75, 3.05) is 0 Å². The van der Waals surface area contributed by atoms with Gasteiger partial charge in [-0.15, -0.1) is 0 Å². The van der Waals surface area contributed by atoms with Crippen molar-refractivity contribution in [3.8, 4) is 17.2 Å². The number of aryl methyl sites for hydroxylation is 2. The molecule has 0 atom stereocenters. The summed E-state index contributed by atoms with van der Waals surface area (Å²) in [4.78, 5) is 0. The fourth-order valence-electron chi connectivity index (χ4n) is 2.65. The van der Waals surface area contributed by atoms with Crippen LogP contribution in [0.5, 0.6) is 17.2 Å². The molecule has 0 aliphatic heterocycles. The standard InChI is InChI=1S/C22H22O3/c1-16-5-3-7-18(11-16)14-24-21-10-9-20(23)13-22(21)25-15-19-8-4-6-17(2)12-19/h3-13,23H,14-15H2,1-2H3. The Balaban J connectivity index is 1.71. The number of phenols is 1. The molecule has 3 aromatic carbocycles. The summed E-state index contributed by atoms with van der Waals surface area (Å²) in [5.74, 6) is 1.31. The minimum atomic E-state index is 0.155. The molecule has 0 unspecified atom stereocenters. The average molecular weight is 334 g/mol. The summed E-state index contributed by atoms with van der Waals surface area (Å²) in [6, 6.07) is 21.3. The number of hydrogen-bond acceptors (Lipinski definition) is 3. The van der Waals surface area contributed by atoms with Crippen LogP contribution in [0.25, 0.3) is 0 Å². The summed E-state index contributed by atoms with van der Waals surface area (Å²) < 4.78 is 11.8. The summed E-state index contributed by atoms with van der Waals surface area (Å²) >= 11 is 0. The van der Waals surface area contributed by atoms with Gasteiger partial charge in [-0.3, -0.25) is 0 Å². The Morgan fingerprint density at radius 3 is 1.80 bits per heavy atom. The number of hydrogen-bond donors (Lipinski definition) is 1. The molecule has 0 fully saturated rings. The van der Waals surface area contributed by atoms with Crippen molar-refractivity contribution in [3.63, 3.8) is 0 Å². The zero-order valence-corrected chi connectivity index (χ0v) is 14.5. The van der Waals surface area contributed by atoms with Crippen LogP contribution < -0.4 is 9.47 Å². The SMILES string of the molecule is Cc1cccc(COc2ccc(O)cc2OCc2cccc(C)c2)c1. The van der Waals surface area contributed by atoms with Crippen LogP contribution in [0.3, 0.4) is 0 Å². The first kappa shape index (κ1) is 16.9. The molecule has 0 bridgehead atoms. The van der Waals surface area contributed by atoms with Crippen LogP contribution in [-0.2, 0) is 13.2 Å². The van der Waals surface area contributed by atoms with Gasteiger partial charge in [0.05, 0.1) is 0 Å². The quantitative estimate of drug-likeness (QED) is 0.676. The molecular weight excluding hydrogens is 312 g/mol. The first-order chi connectivity index (χ1) is 12.1. The lowest BCUT2D eigenvalue weighted by Crippen LogP contribution is -2.01. The first-order valence-electron chi connectivity index (χ1n) is 8.30. The summed E-state index contributed by atoms with van der Waals surface area (Å²) in [7, 11) is 0. The predicted octanol–water partition coefficient (Wildman–Crippen LogP) is 5.17. The van der Waals surface area contributed by atoms with E-state index < -0.39 is 0 Å². The third kappa shape index (κ3) is 4.77. The fraction of sp³-hybridized carbons (Fsp3) is 0.182. The van der Waals surface area contributed by atoms with E-state index in [1.54, 1.807) is 18.2 Å². The molecule has 3 rings (SSSR count). The Morgan fingerprint density at radius 1 is 0.680 bits per heavy atom. The van der Waals surface area contributed by atoms with E-state index in [1.807, 2.05) is 37.3 Å². The Morgan fingerprint density at radius 2 is 1.24 bits per heavy atom. The summed E-state index contributed by atoms with van der Waals surface area (Å²) in [6.07, 6.45) is 0. The van der Waals surface area contributed by atoms with Crippen LogP contribution in [0.4, 0.5) is 0 Å². The van der Waals surface area contributed by atoms with Crippen molar-refractivity contribution < 1.29 is 14.6 Å². The van der Waals surface area contributed by atoms with Crippen molar-refractivity contribution in [3.05, 3.63) is 89.0 Å². The predicted molar refractivity (Wildman–Crippen MR) is 99.1 cm³/mol. The Labute approximate surface area is 148 Å². The highest BCUT2D eigenvalue weighted by Crippen LogP contribution is 2.32. The molecule has 0 aliphatic rings. The molecule has 25 heavy (non-hydrogen) atoms. The molecule has 0 saturated carbocycles. The van der Waals surface area contributed by atoms with Gasteiger partial charge in [-0.1, -0.05) is 59.7 Å². The van der Waals surface area contributed by atoms with E-state index in [0.717, 1.165) is 11.1 Å². The van der Waals surface area contributed by atoms with E-state index in [1.165, 1.54) is 11.1 Å². The van der Waals surface area contributed by atoms with E-state index in [2.05, 4.69) is 25.1 Å². The zero-order chi connectivity index (χ0) is 17.6. The van der Waals surface area contributed by atoms with Gasteiger partial charge < -0.3 is 14.6 Å². The molecule has 0 aliphatic carbocycles. The molecule has 3 nitrogen and oxygen atoms in total. The minimum Gasteiger partial charge on any atom is -0.508 e. The van der Waals surface area contributed by atoms with Crippen LogP contribution in [0.1, 0.15) is 22.3 Å². The average Bonchev–Trinajstić information content (AvgIpc) is 2.59. The zero-order valence-electron chi connectivity index (χ0n) is 14.5. The van der Waals surface area contributed by atoms with Crippen molar-refractivity contribution >= 4 is 0 Å². The topological polar surface area (TPSA) is 38.7 Å². The normalized spacial score (nSPS) is 10.5. The van der Waals surface area contributed by atoms with Gasteiger partial charge in [-0.2, -0.15) is 0 Å². The molecule has 3 heteroatoms. The van der Waals surface area contributed by atoms with Crippen LogP contribution in [0, 0.1) is 13.8 Å². The molecule has 0 spiro atoms. The largest absolute Gasteiger partial charge is 0.508 e. The van der Waals surface area contributed by atoms with Crippen molar-refractivity contribution in [1.82, 2.24) is 0 Å². The fourth-order valence-corrected chi connectivity index (χ4v) is 2.65. The smallest absolute Gasteiger partial charge is 0.165 e. The van der Waals surface area contributed by atoms with Crippen molar-refractivity contribution in [2.24, 2.45) is 0 Å². The summed E-state index contributed by atoms with van der Waals surface area (Å²) in [5, 5.41) is 9.76. The van der Waals surface area contributed by atoms with Crippen LogP contribution in [0.15, 0.2) is 66.7 Å². The number of rotatable bonds is 6. The maximum Gasteiger partial charge on any atom is 0.165 e. The van der Waals surface area contributed by atoms with E-state index >= 15 is 0 Å². The maximum atomic E-state index is 9.76. The molecule has 0 aromatic heterocycles. The molecular formula is C22H22O3. The highest BCUT2D eigenvalue weighted by molar-refractivity contribution is 5.45. The Hall–Kier alpha value is -2.94. The second kappa shape index (κ2) is 7.75. The van der Waals surface area contributed by atoms with Crippen molar-refractivity contribution in [1.29, 1.82) is 0 Å². The lowest BCUT2D eigenvalue weighted by Gasteiger charge is -2.14. The van der Waals surface area contributed by atoms with E-state index in [9.17, 15) is 5.11 Å². The number of benzene rings is 3. The second-order valence-electron chi connectivity index (χ2n) is 6.19. The van der Waals surface area contributed by atoms with E-state index in [0.29, 0.717) is 24.7 Å². The van der Waals surface area contributed by atoms with Gasteiger partial charge in [0.25, 0.3) is 0 Å². The second-order valence-corrected chi connectivity index (χ2v) is 6.19. The van der Waals surface area contributed by atoms with E-state index in [4.69, 9.17) is 9.47 Å². The first-order valence-corrected chi connectivity index (χ1v) is 8.30. The van der Waals surface area contributed by atoms with Crippen LogP contribution in [0.2, 0.25) is 0 Å². The van der Waals surface area contributed by atoms with Gasteiger partial charge in [0.1, 0.15) is 19.0 Å². The Bertz CT molecular complexity index is 855. The molecule has 0 radical (unpaired) electrons. The number of aromatic hydroxyl groups is 1. The Kier molecular flexibility index (Phi) is 5.24. The monoisotopic (exact) mass is 334 g/mol. The van der Waals surface area contributed by atoms with Gasteiger partial charge in [0, 0.05) is 6.07 Å². The van der Waals surface area contributed by atoms with Gasteiger partial charge in [-0.05, 0) is 37.1 Å². The maximum absolute atomic E-state index is 9.76. The number of phenolic OH excluding ortho intramolecular Hbond substituents is 1. The van der Waals surface area contributed by atoms with E-state index in [-0.39, 0.29) is 5.75 Å². The van der Waals surface area contributed by atoms with Gasteiger partial charge in [0.15, 0.2) is 11.5 Å². The molecule has 128 valence electrons. The van der Waals surface area contributed by atoms with Gasteiger partial charge >= 0.3 is 0 Å². The molecule has 3 aromatic rings. The molecule has 0 saturated heterocycles. The summed E-state index contributed by atoms with van der Waals surface area (Å²) in [5.41, 5.74) is 4.56. The molecule has 0 amide bonds. The van der Waals surface area contributed by atoms with Crippen LogP contribution >= 0.6 is 0 Å². The van der Waals surface area contributed by atoms with Crippen LogP contribution in [-0.4, -0.2) is 5.11 Å². The molecule has 0 heterocycles. The molecule has 1 N–H and O–H groups in total. The highest BCUT2D eigenvalue weighted by atomic mass is 16.5. The third-order valence-corrected chi connectivity index (χ3v) is 3.88.